The lowest BCUT2D eigenvalue weighted by Crippen LogP contribution is -2.07. The fourth-order valence-corrected chi connectivity index (χ4v) is 3.05. The summed E-state index contributed by atoms with van der Waals surface area (Å²) < 4.78 is 18.0. The number of benzene rings is 1. The predicted octanol–water partition coefficient (Wildman–Crippen LogP) is 3.35. The van der Waals surface area contributed by atoms with Gasteiger partial charge in [0, 0.05) is 24.4 Å². The van der Waals surface area contributed by atoms with E-state index in [4.69, 9.17) is 14.2 Å². The molecule has 1 aliphatic rings. The third-order valence-electron chi connectivity index (χ3n) is 4.30. The van der Waals surface area contributed by atoms with Crippen molar-refractivity contribution in [3.63, 3.8) is 0 Å². The summed E-state index contributed by atoms with van der Waals surface area (Å²) >= 11 is 0. The molecule has 0 unspecified atom stereocenters. The lowest BCUT2D eigenvalue weighted by atomic mass is 10.00. The highest BCUT2D eigenvalue weighted by molar-refractivity contribution is 5.45. The first-order valence-electron chi connectivity index (χ1n) is 8.17. The molecule has 0 bridgehead atoms. The highest BCUT2D eigenvalue weighted by Crippen LogP contribution is 2.34. The Morgan fingerprint density at radius 1 is 1.16 bits per heavy atom. The minimum atomic E-state index is 0.234. The summed E-state index contributed by atoms with van der Waals surface area (Å²) in [4.78, 5) is 8.83. The Kier molecular flexibility index (Phi) is 4.01. The van der Waals surface area contributed by atoms with Gasteiger partial charge in [-0.3, -0.25) is 0 Å². The van der Waals surface area contributed by atoms with Crippen molar-refractivity contribution in [3.8, 4) is 23.1 Å². The van der Waals surface area contributed by atoms with Crippen LogP contribution in [0.4, 0.5) is 0 Å². The van der Waals surface area contributed by atoms with Crippen molar-refractivity contribution in [2.24, 2.45) is 0 Å². The van der Waals surface area contributed by atoms with E-state index in [1.165, 1.54) is 5.56 Å². The Morgan fingerprint density at radius 2 is 2.04 bits per heavy atom. The molecule has 0 saturated heterocycles. The molecular weight excluding hydrogens is 318 g/mol. The van der Waals surface area contributed by atoms with E-state index in [0.717, 1.165) is 29.4 Å². The van der Waals surface area contributed by atoms with Gasteiger partial charge in [-0.2, -0.15) is 0 Å². The molecule has 2 aromatic heterocycles. The number of methoxy groups -OCH3 is 1. The van der Waals surface area contributed by atoms with E-state index < -0.39 is 0 Å². The van der Waals surface area contributed by atoms with Crippen molar-refractivity contribution in [1.82, 2.24) is 14.5 Å². The highest BCUT2D eigenvalue weighted by Gasteiger charge is 2.17. The van der Waals surface area contributed by atoms with Crippen molar-refractivity contribution < 1.29 is 14.2 Å². The number of fused-ring (bicyclic) bond motifs is 1. The molecule has 1 atom stereocenters. The molecule has 3 aromatic rings. The molecule has 0 saturated carbocycles. The third kappa shape index (κ3) is 3.03. The minimum Gasteiger partial charge on any atom is -0.481 e. The molecule has 0 N–H and O–H groups in total. The number of imidazole rings is 1. The fourth-order valence-electron chi connectivity index (χ4n) is 3.05. The molecule has 1 aromatic carbocycles. The molecule has 6 nitrogen and oxygen atoms in total. The van der Waals surface area contributed by atoms with Gasteiger partial charge in [0.05, 0.1) is 19.0 Å². The fraction of sp³-hybridized carbons (Fsp3) is 0.263. The van der Waals surface area contributed by atoms with Gasteiger partial charge in [-0.1, -0.05) is 13.0 Å². The van der Waals surface area contributed by atoms with E-state index in [0.29, 0.717) is 12.7 Å². The van der Waals surface area contributed by atoms with Crippen LogP contribution in [0.2, 0.25) is 0 Å². The van der Waals surface area contributed by atoms with Crippen molar-refractivity contribution in [3.05, 3.63) is 60.3 Å². The van der Waals surface area contributed by atoms with Gasteiger partial charge in [0.25, 0.3) is 0 Å². The number of nitrogens with zero attached hydrogens (tertiary/aromatic N) is 3. The van der Waals surface area contributed by atoms with Crippen molar-refractivity contribution in [1.29, 1.82) is 0 Å². The average Bonchev–Trinajstić information content (AvgIpc) is 3.30. The van der Waals surface area contributed by atoms with E-state index in [2.05, 4.69) is 27.5 Å². The predicted molar refractivity (Wildman–Crippen MR) is 92.6 cm³/mol. The van der Waals surface area contributed by atoms with E-state index in [1.807, 2.05) is 36.7 Å². The first-order chi connectivity index (χ1) is 12.2. The number of ether oxygens (including phenoxy) is 3. The van der Waals surface area contributed by atoms with Crippen LogP contribution >= 0.6 is 0 Å². The van der Waals surface area contributed by atoms with E-state index in [-0.39, 0.29) is 5.92 Å². The molecule has 4 rings (SSSR count). The van der Waals surface area contributed by atoms with Gasteiger partial charge in [0.15, 0.2) is 11.5 Å². The van der Waals surface area contributed by atoms with Crippen LogP contribution in [0.25, 0.3) is 5.69 Å². The Morgan fingerprint density at radius 3 is 2.84 bits per heavy atom. The van der Waals surface area contributed by atoms with Gasteiger partial charge in [0.1, 0.15) is 5.82 Å². The zero-order valence-electron chi connectivity index (χ0n) is 14.2. The van der Waals surface area contributed by atoms with Gasteiger partial charge in [-0.15, -0.1) is 0 Å². The molecule has 128 valence electrons. The number of hydrogen-bond donors (Lipinski definition) is 0. The minimum absolute atomic E-state index is 0.234. The second kappa shape index (κ2) is 6.47. The number of hydrogen-bond acceptors (Lipinski definition) is 5. The van der Waals surface area contributed by atoms with Crippen LogP contribution in [0.15, 0.2) is 48.9 Å². The Hall–Kier alpha value is -3.02. The molecule has 25 heavy (non-hydrogen) atoms. The van der Waals surface area contributed by atoms with Crippen molar-refractivity contribution >= 4 is 0 Å². The maximum Gasteiger partial charge on any atom is 0.231 e. The van der Waals surface area contributed by atoms with Crippen LogP contribution in [0.1, 0.15) is 24.2 Å². The van der Waals surface area contributed by atoms with Crippen LogP contribution in [-0.2, 0) is 6.42 Å². The maximum atomic E-state index is 5.46. The maximum absolute atomic E-state index is 5.46. The quantitative estimate of drug-likeness (QED) is 0.714. The molecule has 0 spiro atoms. The third-order valence-corrected chi connectivity index (χ3v) is 4.30. The molecular formula is C19H19N3O3. The summed E-state index contributed by atoms with van der Waals surface area (Å²) in [6.07, 6.45) is 6.42. The molecule has 1 aliphatic heterocycles. The summed E-state index contributed by atoms with van der Waals surface area (Å²) in [5.41, 5.74) is 2.16. The zero-order valence-corrected chi connectivity index (χ0v) is 14.2. The zero-order chi connectivity index (χ0) is 17.2. The van der Waals surface area contributed by atoms with Crippen LogP contribution in [0.5, 0.6) is 17.4 Å². The average molecular weight is 337 g/mol. The SMILES string of the molecule is COc1ccc(-n2ccnc2[C@@H](C)Cc2ccc3c(c2)OCO3)cn1. The van der Waals surface area contributed by atoms with Gasteiger partial charge in [0.2, 0.25) is 12.7 Å². The summed E-state index contributed by atoms with van der Waals surface area (Å²) in [6.45, 7) is 2.46. The first kappa shape index (κ1) is 15.5. The van der Waals surface area contributed by atoms with Crippen molar-refractivity contribution in [2.75, 3.05) is 13.9 Å². The first-order valence-corrected chi connectivity index (χ1v) is 8.17. The molecule has 0 fully saturated rings. The molecule has 0 radical (unpaired) electrons. The number of rotatable bonds is 5. The molecule has 6 heteroatoms. The summed E-state index contributed by atoms with van der Waals surface area (Å²) in [5.74, 6) is 3.44. The summed E-state index contributed by atoms with van der Waals surface area (Å²) in [5, 5.41) is 0. The molecule has 0 aliphatic carbocycles. The Balaban J connectivity index is 1.56. The highest BCUT2D eigenvalue weighted by atomic mass is 16.7. The van der Waals surface area contributed by atoms with Crippen LogP contribution in [0.3, 0.4) is 0 Å². The monoisotopic (exact) mass is 337 g/mol. The topological polar surface area (TPSA) is 58.4 Å². The lowest BCUT2D eigenvalue weighted by molar-refractivity contribution is 0.174. The van der Waals surface area contributed by atoms with Gasteiger partial charge >= 0.3 is 0 Å². The largest absolute Gasteiger partial charge is 0.481 e. The normalized spacial score (nSPS) is 13.7. The Labute approximate surface area is 146 Å². The molecule has 3 heterocycles. The van der Waals surface area contributed by atoms with Crippen LogP contribution in [-0.4, -0.2) is 28.4 Å². The van der Waals surface area contributed by atoms with Gasteiger partial charge in [-0.25, -0.2) is 9.97 Å². The second-order valence-electron chi connectivity index (χ2n) is 6.01. The van der Waals surface area contributed by atoms with Gasteiger partial charge in [-0.05, 0) is 30.2 Å². The lowest BCUT2D eigenvalue weighted by Gasteiger charge is -2.14. The van der Waals surface area contributed by atoms with Crippen molar-refractivity contribution in [2.45, 2.75) is 19.3 Å². The van der Waals surface area contributed by atoms with E-state index in [1.54, 1.807) is 13.3 Å². The number of aromatic nitrogens is 3. The standard InChI is InChI=1S/C19H19N3O3/c1-13(9-14-3-5-16-17(10-14)25-12-24-16)19-20-7-8-22(19)15-4-6-18(23-2)21-11-15/h3-8,10-11,13H,9,12H2,1-2H3/t13-/m0/s1. The summed E-state index contributed by atoms with van der Waals surface area (Å²) in [6, 6.07) is 9.91. The molecule has 0 amide bonds. The smallest absolute Gasteiger partial charge is 0.231 e. The van der Waals surface area contributed by atoms with Crippen LogP contribution < -0.4 is 14.2 Å². The van der Waals surface area contributed by atoms with Gasteiger partial charge < -0.3 is 18.8 Å². The summed E-state index contributed by atoms with van der Waals surface area (Å²) in [7, 11) is 1.61. The second-order valence-corrected chi connectivity index (χ2v) is 6.01. The van der Waals surface area contributed by atoms with E-state index in [9.17, 15) is 0 Å². The van der Waals surface area contributed by atoms with E-state index >= 15 is 0 Å². The number of pyridine rings is 1. The Bertz CT molecular complexity index is 874. The van der Waals surface area contributed by atoms with Crippen LogP contribution in [0, 0.1) is 0 Å².